The average molecular weight is 134 g/mol. The van der Waals surface area contributed by atoms with Crippen LogP contribution >= 0.6 is 9.24 Å². The first-order chi connectivity index (χ1) is 2.27. The van der Waals surface area contributed by atoms with Crippen molar-refractivity contribution in [3.8, 4) is 0 Å². The normalized spacial score (nSPS) is 6.17. The maximum atomic E-state index is 9.35. The second kappa shape index (κ2) is 6.16. The van der Waals surface area contributed by atoms with Gasteiger partial charge in [-0.05, 0) is 0 Å². The maximum absolute atomic E-state index is 9.35. The standard InChI is InChI=1S/C2H5O2P.Ca.2H/c3-2(4)1-5;;;/h1,5H2,(H,3,4);;;. The summed E-state index contributed by atoms with van der Waals surface area (Å²) in [6.07, 6.45) is 0.139. The SMILES string of the molecule is O=C(O)CP.[CaH2]. The minimum absolute atomic E-state index is 0. The van der Waals surface area contributed by atoms with Gasteiger partial charge in [-0.25, -0.2) is 0 Å². The van der Waals surface area contributed by atoms with Crippen LogP contribution in [0.2, 0.25) is 0 Å². The topological polar surface area (TPSA) is 37.3 Å². The molecule has 0 saturated heterocycles. The molecule has 0 fully saturated rings. The Morgan fingerprint density at radius 1 is 1.83 bits per heavy atom. The molecule has 0 aliphatic carbocycles. The summed E-state index contributed by atoms with van der Waals surface area (Å²) in [5.74, 6) is -0.782. The molecule has 0 rings (SSSR count). The molecule has 0 aromatic rings. The van der Waals surface area contributed by atoms with Crippen molar-refractivity contribution in [3.63, 3.8) is 0 Å². The van der Waals surface area contributed by atoms with Gasteiger partial charge < -0.3 is 5.11 Å². The van der Waals surface area contributed by atoms with Gasteiger partial charge in [0.25, 0.3) is 0 Å². The van der Waals surface area contributed by atoms with Crippen LogP contribution in [0.25, 0.3) is 0 Å². The van der Waals surface area contributed by atoms with Gasteiger partial charge in [0.05, 0.1) is 6.16 Å². The summed E-state index contributed by atoms with van der Waals surface area (Å²) in [6, 6.07) is 0. The Labute approximate surface area is 68.5 Å². The van der Waals surface area contributed by atoms with E-state index in [9.17, 15) is 4.79 Å². The van der Waals surface area contributed by atoms with E-state index in [0.29, 0.717) is 0 Å². The zero-order valence-corrected chi connectivity index (χ0v) is 3.79. The van der Waals surface area contributed by atoms with Crippen molar-refractivity contribution < 1.29 is 9.90 Å². The number of hydrogen-bond acceptors (Lipinski definition) is 1. The van der Waals surface area contributed by atoms with E-state index in [-0.39, 0.29) is 43.9 Å². The van der Waals surface area contributed by atoms with Crippen LogP contribution in [-0.4, -0.2) is 55.0 Å². The predicted octanol–water partition coefficient (Wildman–Crippen LogP) is -0.970. The van der Waals surface area contributed by atoms with Gasteiger partial charge in [-0.1, -0.05) is 0 Å². The van der Waals surface area contributed by atoms with Crippen LogP contribution < -0.4 is 0 Å². The van der Waals surface area contributed by atoms with E-state index in [4.69, 9.17) is 5.11 Å². The van der Waals surface area contributed by atoms with Crippen LogP contribution in [0.4, 0.5) is 0 Å². The number of aliphatic carboxylic acids is 1. The molecule has 0 aromatic heterocycles. The van der Waals surface area contributed by atoms with Crippen molar-refractivity contribution in [1.29, 1.82) is 0 Å². The van der Waals surface area contributed by atoms with Crippen LogP contribution in [0.1, 0.15) is 0 Å². The van der Waals surface area contributed by atoms with Crippen LogP contribution in [0.5, 0.6) is 0 Å². The van der Waals surface area contributed by atoms with E-state index >= 15 is 0 Å². The van der Waals surface area contributed by atoms with Crippen molar-refractivity contribution in [2.45, 2.75) is 0 Å². The summed E-state index contributed by atoms with van der Waals surface area (Å²) in [4.78, 5) is 9.35. The van der Waals surface area contributed by atoms with Gasteiger partial charge in [0.15, 0.2) is 0 Å². The van der Waals surface area contributed by atoms with Crippen molar-refractivity contribution in [1.82, 2.24) is 0 Å². The van der Waals surface area contributed by atoms with E-state index in [1.807, 2.05) is 0 Å². The summed E-state index contributed by atoms with van der Waals surface area (Å²) < 4.78 is 0. The second-order valence-corrected chi connectivity index (χ2v) is 1.01. The van der Waals surface area contributed by atoms with Crippen molar-refractivity contribution in [3.05, 3.63) is 0 Å². The molecule has 34 valence electrons. The minimum atomic E-state index is -0.782. The molecule has 0 radical (unpaired) electrons. The molecule has 1 unspecified atom stereocenters. The molecule has 0 spiro atoms. The van der Waals surface area contributed by atoms with E-state index in [1.165, 1.54) is 0 Å². The molecule has 1 atom stereocenters. The van der Waals surface area contributed by atoms with E-state index in [1.54, 1.807) is 0 Å². The first-order valence-corrected chi connectivity index (χ1v) is 2.01. The third-order valence-corrected chi connectivity index (χ3v) is 0.524. The molecule has 1 N–H and O–H groups in total. The summed E-state index contributed by atoms with van der Waals surface area (Å²) in [6.45, 7) is 0. The number of carboxylic acid groups (broad SMARTS) is 1. The van der Waals surface area contributed by atoms with E-state index in [0.717, 1.165) is 0 Å². The molecule has 4 heteroatoms. The van der Waals surface area contributed by atoms with Gasteiger partial charge in [0, 0.05) is 0 Å². The van der Waals surface area contributed by atoms with Crippen LogP contribution in [-0.2, 0) is 4.79 Å². The first-order valence-electron chi connectivity index (χ1n) is 1.19. The summed E-state index contributed by atoms with van der Waals surface area (Å²) in [5.41, 5.74) is 0. The van der Waals surface area contributed by atoms with Gasteiger partial charge in [0.2, 0.25) is 0 Å². The Morgan fingerprint density at radius 2 is 2.00 bits per heavy atom. The molecule has 0 amide bonds. The fourth-order valence-corrected chi connectivity index (χ4v) is 0. The molecule has 6 heavy (non-hydrogen) atoms. The first kappa shape index (κ1) is 10.2. The van der Waals surface area contributed by atoms with E-state index in [2.05, 4.69) is 9.24 Å². The molecule has 0 aromatic carbocycles. The average Bonchev–Trinajstić information content (AvgIpc) is 1.38. The zero-order valence-electron chi connectivity index (χ0n) is 2.64. The number of hydrogen-bond donors (Lipinski definition) is 1. The monoisotopic (exact) mass is 134 g/mol. The van der Waals surface area contributed by atoms with Crippen molar-refractivity contribution >= 4 is 52.9 Å². The third kappa shape index (κ3) is 8.94. The zero-order chi connectivity index (χ0) is 4.28. The Kier molecular flexibility index (Phi) is 10.5. The molecular weight excluding hydrogens is 127 g/mol. The van der Waals surface area contributed by atoms with Crippen LogP contribution in [0.3, 0.4) is 0 Å². The summed E-state index contributed by atoms with van der Waals surface area (Å²) in [5, 5.41) is 7.70. The molecule has 0 saturated carbocycles. The van der Waals surface area contributed by atoms with Crippen molar-refractivity contribution in [2.75, 3.05) is 6.16 Å². The van der Waals surface area contributed by atoms with Gasteiger partial charge in [-0.15, -0.1) is 9.24 Å². The Balaban J connectivity index is 0. The third-order valence-electron chi connectivity index (χ3n) is 0.175. The van der Waals surface area contributed by atoms with Crippen LogP contribution in [0.15, 0.2) is 0 Å². The Bertz CT molecular complexity index is 46.8. The Morgan fingerprint density at radius 3 is 2.00 bits per heavy atom. The molecule has 0 aliphatic heterocycles. The van der Waals surface area contributed by atoms with Gasteiger partial charge in [-0.3, -0.25) is 4.79 Å². The molecule has 0 bridgehead atoms. The molecule has 2 nitrogen and oxygen atoms in total. The summed E-state index contributed by atoms with van der Waals surface area (Å²) in [7, 11) is 2.09. The molecular formula is C2H7CaO2P. The van der Waals surface area contributed by atoms with Gasteiger partial charge in [-0.2, -0.15) is 0 Å². The number of carboxylic acids is 1. The number of rotatable bonds is 1. The Hall–Kier alpha value is 1.16. The molecule has 0 aliphatic rings. The molecule has 0 heterocycles. The fourth-order valence-electron chi connectivity index (χ4n) is 0. The second-order valence-electron chi connectivity index (χ2n) is 0.598. The van der Waals surface area contributed by atoms with Gasteiger partial charge >= 0.3 is 43.7 Å². The van der Waals surface area contributed by atoms with Crippen LogP contribution in [0, 0.1) is 0 Å². The quantitative estimate of drug-likeness (QED) is 0.370. The van der Waals surface area contributed by atoms with Gasteiger partial charge in [0.1, 0.15) is 0 Å². The van der Waals surface area contributed by atoms with Crippen molar-refractivity contribution in [2.24, 2.45) is 0 Å². The van der Waals surface area contributed by atoms with E-state index < -0.39 is 5.97 Å². The fraction of sp³-hybridized carbons (Fsp3) is 0.500. The summed E-state index contributed by atoms with van der Waals surface area (Å²) >= 11 is 0. The predicted molar refractivity (Wildman–Crippen MR) is 30.8 cm³/mol. The number of carbonyl (C=O) groups is 1.